The van der Waals surface area contributed by atoms with Crippen LogP contribution in [0.2, 0.25) is 0 Å². The maximum absolute atomic E-state index is 13.4. The minimum Gasteiger partial charge on any atom is -0.486 e. The fourth-order valence-electron chi connectivity index (χ4n) is 3.91. The van der Waals surface area contributed by atoms with Gasteiger partial charge >= 0.3 is 6.18 Å². The summed E-state index contributed by atoms with van der Waals surface area (Å²) in [5.41, 5.74) is 1.46. The van der Waals surface area contributed by atoms with Crippen LogP contribution in [0, 0.1) is 5.92 Å². The Balaban J connectivity index is 1.56. The molecule has 1 fully saturated rings. The molecule has 9 heteroatoms. The van der Waals surface area contributed by atoms with Crippen LogP contribution in [0.25, 0.3) is 6.08 Å². The summed E-state index contributed by atoms with van der Waals surface area (Å²) in [6.07, 6.45) is -1.11. The number of amides is 2. The van der Waals surface area contributed by atoms with E-state index in [1.807, 2.05) is 36.4 Å². The third-order valence-electron chi connectivity index (χ3n) is 5.44. The highest BCUT2D eigenvalue weighted by Gasteiger charge is 2.41. The molecule has 0 saturated carbocycles. The van der Waals surface area contributed by atoms with Crippen LogP contribution in [-0.4, -0.2) is 55.7 Å². The van der Waals surface area contributed by atoms with Gasteiger partial charge in [0.25, 0.3) is 0 Å². The molecule has 0 spiro atoms. The zero-order valence-electron chi connectivity index (χ0n) is 17.8. The first kappa shape index (κ1) is 22.7. The molecule has 2 heterocycles. The summed E-state index contributed by atoms with van der Waals surface area (Å²) in [5, 5.41) is 0. The minimum atomic E-state index is -4.51. The second kappa shape index (κ2) is 9.56. The summed E-state index contributed by atoms with van der Waals surface area (Å²) < 4.78 is 49.5. The van der Waals surface area contributed by atoms with Crippen LogP contribution in [0.1, 0.15) is 12.0 Å². The average Bonchev–Trinajstić information content (AvgIpc) is 3.15. The Morgan fingerprint density at radius 2 is 1.82 bits per heavy atom. The van der Waals surface area contributed by atoms with Gasteiger partial charge in [-0.25, -0.2) is 0 Å². The van der Waals surface area contributed by atoms with Crippen LogP contribution in [0.15, 0.2) is 54.6 Å². The van der Waals surface area contributed by atoms with E-state index in [1.165, 1.54) is 4.90 Å². The van der Waals surface area contributed by atoms with E-state index in [1.54, 1.807) is 24.3 Å². The topological polar surface area (TPSA) is 59.1 Å². The third-order valence-corrected chi connectivity index (χ3v) is 5.44. The van der Waals surface area contributed by atoms with E-state index in [-0.39, 0.29) is 19.5 Å². The zero-order chi connectivity index (χ0) is 23.4. The zero-order valence-corrected chi connectivity index (χ0v) is 17.8. The van der Waals surface area contributed by atoms with E-state index in [0.29, 0.717) is 35.3 Å². The number of ether oxygens (including phenoxy) is 2. The molecule has 2 amide bonds. The summed E-state index contributed by atoms with van der Waals surface area (Å²) in [7, 11) is 0. The molecule has 2 aromatic carbocycles. The Morgan fingerprint density at radius 1 is 1.09 bits per heavy atom. The maximum atomic E-state index is 13.4. The Morgan fingerprint density at radius 3 is 2.55 bits per heavy atom. The summed E-state index contributed by atoms with van der Waals surface area (Å²) >= 11 is 0. The standard InChI is InChI=1S/C24H23F3N2O4/c25-24(26,27)16-28-15-18(13-22(28)30)23(31)29(10-4-7-17-5-2-1-3-6-17)19-8-9-20-21(14-19)33-12-11-32-20/h1-9,14,18H,10-13,15-16H2/b7-4+. The Labute approximate surface area is 189 Å². The van der Waals surface area contributed by atoms with Crippen LogP contribution in [0.4, 0.5) is 18.9 Å². The maximum Gasteiger partial charge on any atom is 0.406 e. The van der Waals surface area contributed by atoms with Crippen molar-refractivity contribution in [3.05, 3.63) is 60.2 Å². The number of anilines is 1. The number of hydrogen-bond donors (Lipinski definition) is 0. The number of benzene rings is 2. The number of carbonyl (C=O) groups excluding carboxylic acids is 2. The highest BCUT2D eigenvalue weighted by Crippen LogP contribution is 2.35. The molecule has 33 heavy (non-hydrogen) atoms. The molecular weight excluding hydrogens is 437 g/mol. The summed E-state index contributed by atoms with van der Waals surface area (Å²) in [6, 6.07) is 14.6. The molecule has 0 radical (unpaired) electrons. The number of halogens is 3. The molecule has 1 unspecified atom stereocenters. The van der Waals surface area contributed by atoms with Crippen LogP contribution < -0.4 is 14.4 Å². The molecule has 6 nitrogen and oxygen atoms in total. The van der Waals surface area contributed by atoms with Crippen molar-refractivity contribution in [2.75, 3.05) is 37.7 Å². The van der Waals surface area contributed by atoms with E-state index < -0.39 is 30.5 Å². The van der Waals surface area contributed by atoms with Crippen molar-refractivity contribution in [3.8, 4) is 11.5 Å². The van der Waals surface area contributed by atoms with Crippen molar-refractivity contribution in [3.63, 3.8) is 0 Å². The highest BCUT2D eigenvalue weighted by atomic mass is 19.4. The molecule has 174 valence electrons. The van der Waals surface area contributed by atoms with Gasteiger partial charge in [-0.1, -0.05) is 42.5 Å². The molecule has 0 aromatic heterocycles. The van der Waals surface area contributed by atoms with Gasteiger partial charge in [-0.15, -0.1) is 0 Å². The fraction of sp³-hybridized carbons (Fsp3) is 0.333. The van der Waals surface area contributed by atoms with Gasteiger partial charge < -0.3 is 19.3 Å². The smallest absolute Gasteiger partial charge is 0.406 e. The third kappa shape index (κ3) is 5.66. The SMILES string of the molecule is O=C1CC(C(=O)N(C/C=C/c2ccccc2)c2ccc3c(c2)OCCO3)CN1CC(F)(F)F. The van der Waals surface area contributed by atoms with Gasteiger partial charge in [0.05, 0.1) is 5.92 Å². The normalized spacial score (nSPS) is 18.1. The first-order valence-corrected chi connectivity index (χ1v) is 10.6. The number of carbonyl (C=O) groups is 2. The van der Waals surface area contributed by atoms with Gasteiger partial charge in [-0.2, -0.15) is 13.2 Å². The lowest BCUT2D eigenvalue weighted by molar-refractivity contribution is -0.157. The molecule has 4 rings (SSSR count). The Bertz CT molecular complexity index is 1040. The second-order valence-corrected chi connectivity index (χ2v) is 7.88. The number of likely N-dealkylation sites (tertiary alicyclic amines) is 1. The van der Waals surface area contributed by atoms with Crippen molar-refractivity contribution in [1.29, 1.82) is 0 Å². The molecule has 2 aliphatic rings. The van der Waals surface area contributed by atoms with Gasteiger partial charge in [-0.3, -0.25) is 9.59 Å². The number of fused-ring (bicyclic) bond motifs is 1. The summed E-state index contributed by atoms with van der Waals surface area (Å²) in [5.74, 6) is -0.900. The average molecular weight is 460 g/mol. The second-order valence-electron chi connectivity index (χ2n) is 7.88. The molecule has 1 atom stereocenters. The van der Waals surface area contributed by atoms with E-state index in [0.717, 1.165) is 5.56 Å². The van der Waals surface area contributed by atoms with Gasteiger partial charge in [0.1, 0.15) is 19.8 Å². The Kier molecular flexibility index (Phi) is 6.57. The van der Waals surface area contributed by atoms with E-state index in [9.17, 15) is 22.8 Å². The minimum absolute atomic E-state index is 0.178. The lowest BCUT2D eigenvalue weighted by atomic mass is 10.1. The van der Waals surface area contributed by atoms with Crippen LogP contribution in [-0.2, 0) is 9.59 Å². The number of rotatable bonds is 6. The van der Waals surface area contributed by atoms with E-state index in [4.69, 9.17) is 9.47 Å². The molecular formula is C24H23F3N2O4. The number of nitrogens with zero attached hydrogens (tertiary/aromatic N) is 2. The van der Waals surface area contributed by atoms with Gasteiger partial charge in [-0.05, 0) is 17.7 Å². The predicted octanol–water partition coefficient (Wildman–Crippen LogP) is 3.92. The summed E-state index contributed by atoms with van der Waals surface area (Å²) in [6.45, 7) is -0.638. The van der Waals surface area contributed by atoms with Gasteiger partial charge in [0, 0.05) is 31.3 Å². The van der Waals surface area contributed by atoms with Crippen molar-refractivity contribution in [2.24, 2.45) is 5.92 Å². The fourth-order valence-corrected chi connectivity index (χ4v) is 3.91. The lowest BCUT2D eigenvalue weighted by Gasteiger charge is -2.27. The van der Waals surface area contributed by atoms with Crippen molar-refractivity contribution in [1.82, 2.24) is 4.90 Å². The molecule has 2 aromatic rings. The first-order chi connectivity index (χ1) is 15.8. The Hall–Kier alpha value is -3.49. The van der Waals surface area contributed by atoms with Crippen molar-refractivity contribution in [2.45, 2.75) is 12.6 Å². The van der Waals surface area contributed by atoms with Crippen molar-refractivity contribution < 1.29 is 32.2 Å². The molecule has 0 bridgehead atoms. The predicted molar refractivity (Wildman–Crippen MR) is 116 cm³/mol. The molecule has 0 aliphatic carbocycles. The molecule has 2 aliphatic heterocycles. The van der Waals surface area contributed by atoms with E-state index >= 15 is 0 Å². The van der Waals surface area contributed by atoms with Crippen LogP contribution >= 0.6 is 0 Å². The van der Waals surface area contributed by atoms with E-state index in [2.05, 4.69) is 0 Å². The van der Waals surface area contributed by atoms with Gasteiger partial charge in [0.2, 0.25) is 11.8 Å². The van der Waals surface area contributed by atoms with Gasteiger partial charge in [0.15, 0.2) is 11.5 Å². The number of alkyl halides is 3. The summed E-state index contributed by atoms with van der Waals surface area (Å²) in [4.78, 5) is 27.7. The number of hydrogen-bond acceptors (Lipinski definition) is 4. The first-order valence-electron chi connectivity index (χ1n) is 10.6. The lowest BCUT2D eigenvalue weighted by Crippen LogP contribution is -2.39. The van der Waals surface area contributed by atoms with Crippen molar-refractivity contribution >= 4 is 23.6 Å². The highest BCUT2D eigenvalue weighted by molar-refractivity contribution is 5.99. The monoisotopic (exact) mass is 460 g/mol. The van der Waals surface area contributed by atoms with Crippen LogP contribution in [0.5, 0.6) is 11.5 Å². The largest absolute Gasteiger partial charge is 0.486 e. The molecule has 1 saturated heterocycles. The molecule has 0 N–H and O–H groups in total. The quantitative estimate of drug-likeness (QED) is 0.656. The van der Waals surface area contributed by atoms with Crippen LogP contribution in [0.3, 0.4) is 0 Å².